The van der Waals surface area contributed by atoms with Crippen molar-refractivity contribution in [3.63, 3.8) is 0 Å². The predicted molar refractivity (Wildman–Crippen MR) is 136 cm³/mol. The van der Waals surface area contributed by atoms with Gasteiger partial charge in [0.05, 0.1) is 12.1 Å². The number of benzene rings is 4. The summed E-state index contributed by atoms with van der Waals surface area (Å²) in [7, 11) is 0. The molecule has 1 N–H and O–H groups in total. The van der Waals surface area contributed by atoms with Crippen molar-refractivity contribution in [2.24, 2.45) is 0 Å². The van der Waals surface area contributed by atoms with Crippen LogP contribution in [0.1, 0.15) is 22.3 Å². The van der Waals surface area contributed by atoms with E-state index in [2.05, 4.69) is 0 Å². The van der Waals surface area contributed by atoms with Crippen LogP contribution in [0.2, 0.25) is 5.02 Å². The number of fused-ring (bicyclic) bond motifs is 1. The van der Waals surface area contributed by atoms with Gasteiger partial charge in [0.25, 0.3) is 0 Å². The Balaban J connectivity index is 1.38. The number of rotatable bonds is 5. The Morgan fingerprint density at radius 3 is 2.37 bits per heavy atom. The fourth-order valence-electron chi connectivity index (χ4n) is 4.38. The number of nitrogens with zero attached hydrogens (tertiary/aromatic N) is 2. The van der Waals surface area contributed by atoms with Crippen LogP contribution in [0.15, 0.2) is 84.9 Å². The number of urea groups is 1. The maximum absolute atomic E-state index is 13.3. The van der Waals surface area contributed by atoms with Crippen molar-refractivity contribution in [2.45, 2.75) is 13.0 Å². The topological polar surface area (TPSA) is 77.9 Å². The lowest BCUT2D eigenvalue weighted by Gasteiger charge is -2.34. The lowest BCUT2D eigenvalue weighted by Crippen LogP contribution is -2.52. The molecule has 174 valence electrons. The Bertz CT molecular complexity index is 1470. The van der Waals surface area contributed by atoms with Crippen LogP contribution in [0.3, 0.4) is 0 Å². The molecule has 1 saturated heterocycles. The molecule has 35 heavy (non-hydrogen) atoms. The molecule has 0 bridgehead atoms. The Morgan fingerprint density at radius 1 is 0.886 bits per heavy atom. The van der Waals surface area contributed by atoms with Crippen molar-refractivity contribution in [2.75, 3.05) is 11.4 Å². The number of hydrogen-bond donors (Lipinski definition) is 1. The molecule has 0 aromatic heterocycles. The summed E-state index contributed by atoms with van der Waals surface area (Å²) in [6.07, 6.45) is 0.221. The van der Waals surface area contributed by atoms with Gasteiger partial charge in [-0.05, 0) is 63.9 Å². The Kier molecular flexibility index (Phi) is 5.97. The minimum atomic E-state index is -0.998. The summed E-state index contributed by atoms with van der Waals surface area (Å²) in [4.78, 5) is 40.3. The van der Waals surface area contributed by atoms with Crippen molar-refractivity contribution < 1.29 is 19.5 Å². The van der Waals surface area contributed by atoms with Gasteiger partial charge in [0.2, 0.25) is 5.91 Å². The van der Waals surface area contributed by atoms with Crippen LogP contribution in [-0.2, 0) is 11.3 Å². The number of carboxylic acid groups (broad SMARTS) is 1. The quantitative estimate of drug-likeness (QED) is 0.365. The van der Waals surface area contributed by atoms with Gasteiger partial charge < -0.3 is 5.11 Å². The van der Waals surface area contributed by atoms with Gasteiger partial charge in [0.15, 0.2) is 0 Å². The van der Waals surface area contributed by atoms with E-state index in [0.717, 1.165) is 21.9 Å². The van der Waals surface area contributed by atoms with E-state index in [1.54, 1.807) is 53.4 Å². The van der Waals surface area contributed by atoms with Crippen LogP contribution in [0.25, 0.3) is 21.9 Å². The molecule has 0 atom stereocenters. The highest BCUT2D eigenvalue weighted by Crippen LogP contribution is 2.29. The van der Waals surface area contributed by atoms with Gasteiger partial charge in [0, 0.05) is 23.7 Å². The second kappa shape index (κ2) is 9.24. The summed E-state index contributed by atoms with van der Waals surface area (Å²) >= 11 is 6.06. The van der Waals surface area contributed by atoms with E-state index in [1.807, 2.05) is 36.4 Å². The third-order valence-corrected chi connectivity index (χ3v) is 6.40. The van der Waals surface area contributed by atoms with Crippen molar-refractivity contribution in [3.8, 4) is 11.1 Å². The first kappa shape index (κ1) is 22.6. The molecule has 0 unspecified atom stereocenters. The summed E-state index contributed by atoms with van der Waals surface area (Å²) in [6, 6.07) is 24.9. The largest absolute Gasteiger partial charge is 0.478 e. The number of aromatic carboxylic acids is 1. The molecule has 5 rings (SSSR count). The third-order valence-electron chi connectivity index (χ3n) is 6.17. The Labute approximate surface area is 207 Å². The maximum atomic E-state index is 13.3. The fourth-order valence-corrected chi connectivity index (χ4v) is 4.56. The number of hydrogen-bond acceptors (Lipinski definition) is 3. The van der Waals surface area contributed by atoms with Crippen LogP contribution >= 0.6 is 11.6 Å². The molecule has 3 amide bonds. The van der Waals surface area contributed by atoms with Crippen LogP contribution in [0, 0.1) is 0 Å². The Hall–Kier alpha value is -4.16. The lowest BCUT2D eigenvalue weighted by molar-refractivity contribution is -0.129. The zero-order valence-electron chi connectivity index (χ0n) is 18.6. The normalized spacial score (nSPS) is 14.0. The van der Waals surface area contributed by atoms with Crippen LogP contribution in [-0.4, -0.2) is 34.5 Å². The molecule has 0 aliphatic carbocycles. The van der Waals surface area contributed by atoms with Crippen molar-refractivity contribution >= 4 is 46.0 Å². The molecule has 1 aliphatic rings. The SMILES string of the molecule is O=C(O)c1ccccc1-c1ccc(N2CCC(=O)N(Cc3ccc4cc(Cl)ccc4c3)C2=O)cc1. The number of carbonyl (C=O) groups is 3. The van der Waals surface area contributed by atoms with Crippen molar-refractivity contribution in [1.82, 2.24) is 4.90 Å². The summed E-state index contributed by atoms with van der Waals surface area (Å²) < 4.78 is 0. The van der Waals surface area contributed by atoms with E-state index in [4.69, 9.17) is 11.6 Å². The number of anilines is 1. The molecule has 1 aliphatic heterocycles. The smallest absolute Gasteiger partial charge is 0.336 e. The summed E-state index contributed by atoms with van der Waals surface area (Å²) in [6.45, 7) is 0.465. The fraction of sp³-hybridized carbons (Fsp3) is 0.107. The zero-order valence-corrected chi connectivity index (χ0v) is 19.4. The van der Waals surface area contributed by atoms with Crippen LogP contribution in [0.4, 0.5) is 10.5 Å². The Morgan fingerprint density at radius 2 is 1.60 bits per heavy atom. The van der Waals surface area contributed by atoms with Gasteiger partial charge in [-0.25, -0.2) is 9.59 Å². The number of halogens is 1. The second-order valence-corrected chi connectivity index (χ2v) is 8.82. The third kappa shape index (κ3) is 4.48. The summed E-state index contributed by atoms with van der Waals surface area (Å²) in [5.74, 6) is -1.21. The highest BCUT2D eigenvalue weighted by Gasteiger charge is 2.33. The van der Waals surface area contributed by atoms with E-state index in [1.165, 1.54) is 4.90 Å². The van der Waals surface area contributed by atoms with E-state index in [-0.39, 0.29) is 37.0 Å². The standard InChI is InChI=1S/C28H21ClN2O4/c29-22-10-7-20-15-18(5-6-21(20)16-22)17-31-26(32)13-14-30(28(31)35)23-11-8-19(9-12-23)24-3-1-2-4-25(24)27(33)34/h1-12,15-16H,13-14,17H2,(H,33,34). The van der Waals surface area contributed by atoms with Gasteiger partial charge in [-0.3, -0.25) is 14.6 Å². The van der Waals surface area contributed by atoms with Gasteiger partial charge in [-0.1, -0.05) is 60.1 Å². The molecule has 4 aromatic rings. The van der Waals surface area contributed by atoms with Gasteiger partial charge in [-0.2, -0.15) is 0 Å². The highest BCUT2D eigenvalue weighted by molar-refractivity contribution is 6.31. The number of carboxylic acids is 1. The van der Waals surface area contributed by atoms with Gasteiger partial charge >= 0.3 is 12.0 Å². The molecule has 7 heteroatoms. The number of amides is 3. The molecule has 1 fully saturated rings. The second-order valence-electron chi connectivity index (χ2n) is 8.39. The average Bonchev–Trinajstić information content (AvgIpc) is 2.87. The zero-order chi connectivity index (χ0) is 24.5. The van der Waals surface area contributed by atoms with E-state index >= 15 is 0 Å². The average molecular weight is 485 g/mol. The lowest BCUT2D eigenvalue weighted by atomic mass is 9.99. The van der Waals surface area contributed by atoms with E-state index in [0.29, 0.717) is 16.3 Å². The van der Waals surface area contributed by atoms with Gasteiger partial charge in [0.1, 0.15) is 0 Å². The molecule has 6 nitrogen and oxygen atoms in total. The van der Waals surface area contributed by atoms with E-state index in [9.17, 15) is 19.5 Å². The molecule has 0 saturated carbocycles. The minimum Gasteiger partial charge on any atom is -0.478 e. The van der Waals surface area contributed by atoms with Crippen molar-refractivity contribution in [1.29, 1.82) is 0 Å². The highest BCUT2D eigenvalue weighted by atomic mass is 35.5. The molecule has 1 heterocycles. The molecule has 0 spiro atoms. The number of carbonyl (C=O) groups excluding carboxylic acids is 2. The van der Waals surface area contributed by atoms with E-state index < -0.39 is 5.97 Å². The van der Waals surface area contributed by atoms with Crippen LogP contribution < -0.4 is 4.90 Å². The van der Waals surface area contributed by atoms with Gasteiger partial charge in [-0.15, -0.1) is 0 Å². The number of imide groups is 1. The maximum Gasteiger partial charge on any atom is 0.336 e. The molecule has 0 radical (unpaired) electrons. The van der Waals surface area contributed by atoms with Crippen molar-refractivity contribution in [3.05, 3.63) is 101 Å². The summed E-state index contributed by atoms with van der Waals surface area (Å²) in [5, 5.41) is 12.1. The first-order valence-corrected chi connectivity index (χ1v) is 11.5. The molecular weight excluding hydrogens is 464 g/mol. The first-order valence-electron chi connectivity index (χ1n) is 11.1. The summed E-state index contributed by atoms with van der Waals surface area (Å²) in [5.41, 5.74) is 3.05. The minimum absolute atomic E-state index is 0.177. The first-order chi connectivity index (χ1) is 16.9. The monoisotopic (exact) mass is 484 g/mol. The van der Waals surface area contributed by atoms with Crippen LogP contribution in [0.5, 0.6) is 0 Å². The molecule has 4 aromatic carbocycles. The predicted octanol–water partition coefficient (Wildman–Crippen LogP) is 6.22. The molecular formula is C28H21ClN2O4.